The van der Waals surface area contributed by atoms with Gasteiger partial charge in [0.15, 0.2) is 0 Å². The van der Waals surface area contributed by atoms with Crippen molar-refractivity contribution in [1.29, 1.82) is 0 Å². The van der Waals surface area contributed by atoms with E-state index >= 15 is 0 Å². The van der Waals surface area contributed by atoms with Crippen molar-refractivity contribution in [2.24, 2.45) is 0 Å². The lowest BCUT2D eigenvalue weighted by atomic mass is 10.1. The molecule has 2 aromatic carbocycles. The van der Waals surface area contributed by atoms with E-state index in [1.165, 1.54) is 13.2 Å². The zero-order valence-corrected chi connectivity index (χ0v) is 15.9. The van der Waals surface area contributed by atoms with Crippen LogP contribution >= 0.6 is 0 Å². The summed E-state index contributed by atoms with van der Waals surface area (Å²) < 4.78 is 18.5. The number of rotatable bonds is 5. The third kappa shape index (κ3) is 4.86. The minimum Gasteiger partial charge on any atom is -0.465 e. The first-order valence-electron chi connectivity index (χ1n) is 9.27. The van der Waals surface area contributed by atoms with Crippen molar-refractivity contribution >= 4 is 17.7 Å². The molecule has 2 aromatic rings. The predicted molar refractivity (Wildman–Crippen MR) is 105 cm³/mol. The van der Waals surface area contributed by atoms with E-state index in [9.17, 15) is 14.0 Å². The highest BCUT2D eigenvalue weighted by molar-refractivity contribution is 6.00. The number of hydrogen-bond donors (Lipinski definition) is 1. The molecule has 3 rings (SSSR count). The lowest BCUT2D eigenvalue weighted by Crippen LogP contribution is -2.50. The van der Waals surface area contributed by atoms with Gasteiger partial charge in [-0.3, -0.25) is 4.90 Å². The molecule has 0 spiro atoms. The van der Waals surface area contributed by atoms with Crippen molar-refractivity contribution in [3.63, 3.8) is 0 Å². The SMILES string of the molecule is COC(=O)c1ccccc1NC(=O)N1CCN(CCc2ccccc2F)CC1. The van der Waals surface area contributed by atoms with E-state index in [0.717, 1.165) is 19.6 Å². The lowest BCUT2D eigenvalue weighted by molar-refractivity contribution is 0.0602. The van der Waals surface area contributed by atoms with Crippen LogP contribution in [0.2, 0.25) is 0 Å². The van der Waals surface area contributed by atoms with Crippen molar-refractivity contribution < 1.29 is 18.7 Å². The maximum Gasteiger partial charge on any atom is 0.339 e. The van der Waals surface area contributed by atoms with Crippen LogP contribution in [0.25, 0.3) is 0 Å². The van der Waals surface area contributed by atoms with Gasteiger partial charge in [0.2, 0.25) is 0 Å². The van der Waals surface area contributed by atoms with Gasteiger partial charge in [-0.05, 0) is 30.2 Å². The molecular weight excluding hydrogens is 361 g/mol. The van der Waals surface area contributed by atoms with Crippen LogP contribution in [0.5, 0.6) is 0 Å². The molecule has 0 saturated carbocycles. The molecule has 7 heteroatoms. The number of hydrogen-bond acceptors (Lipinski definition) is 4. The Hall–Kier alpha value is -2.93. The summed E-state index contributed by atoms with van der Waals surface area (Å²) in [6.07, 6.45) is 0.644. The van der Waals surface area contributed by atoms with E-state index in [4.69, 9.17) is 4.74 Å². The Morgan fingerprint density at radius 2 is 1.71 bits per heavy atom. The second-order valence-electron chi connectivity index (χ2n) is 6.64. The Labute approximate surface area is 163 Å². The second kappa shape index (κ2) is 9.32. The Morgan fingerprint density at radius 1 is 1.04 bits per heavy atom. The molecule has 1 N–H and O–H groups in total. The van der Waals surface area contributed by atoms with Crippen LogP contribution in [0.4, 0.5) is 14.9 Å². The first-order valence-corrected chi connectivity index (χ1v) is 9.27. The minimum atomic E-state index is -0.492. The summed E-state index contributed by atoms with van der Waals surface area (Å²) in [4.78, 5) is 28.3. The van der Waals surface area contributed by atoms with E-state index in [2.05, 4.69) is 10.2 Å². The lowest BCUT2D eigenvalue weighted by Gasteiger charge is -2.34. The molecule has 148 valence electrons. The number of piperazine rings is 1. The molecule has 0 aromatic heterocycles. The third-order valence-electron chi connectivity index (χ3n) is 4.89. The zero-order chi connectivity index (χ0) is 19.9. The average molecular weight is 385 g/mol. The Morgan fingerprint density at radius 3 is 2.43 bits per heavy atom. The number of nitrogens with one attached hydrogen (secondary N) is 1. The minimum absolute atomic E-state index is 0.176. The van der Waals surface area contributed by atoms with Gasteiger partial charge < -0.3 is 15.0 Å². The number of nitrogens with zero attached hydrogens (tertiary/aromatic N) is 2. The summed E-state index contributed by atoms with van der Waals surface area (Å²) in [5, 5.41) is 2.79. The number of benzene rings is 2. The van der Waals surface area contributed by atoms with Crippen LogP contribution in [-0.4, -0.2) is 61.6 Å². The number of anilines is 1. The van der Waals surface area contributed by atoms with E-state index in [-0.39, 0.29) is 11.8 Å². The van der Waals surface area contributed by atoms with Gasteiger partial charge in [-0.2, -0.15) is 0 Å². The molecule has 6 nitrogen and oxygen atoms in total. The number of para-hydroxylation sites is 1. The second-order valence-corrected chi connectivity index (χ2v) is 6.64. The maximum absolute atomic E-state index is 13.7. The molecule has 1 heterocycles. The number of urea groups is 1. The highest BCUT2D eigenvalue weighted by Crippen LogP contribution is 2.17. The number of halogens is 1. The van der Waals surface area contributed by atoms with Crippen LogP contribution in [0.1, 0.15) is 15.9 Å². The quantitative estimate of drug-likeness (QED) is 0.804. The fourth-order valence-corrected chi connectivity index (χ4v) is 3.23. The van der Waals surface area contributed by atoms with Gasteiger partial charge in [0, 0.05) is 32.7 Å². The summed E-state index contributed by atoms with van der Waals surface area (Å²) in [7, 11) is 1.31. The topological polar surface area (TPSA) is 61.9 Å². The van der Waals surface area contributed by atoms with Gasteiger partial charge in [-0.15, -0.1) is 0 Å². The highest BCUT2D eigenvalue weighted by atomic mass is 19.1. The Kier molecular flexibility index (Phi) is 6.60. The first kappa shape index (κ1) is 19.8. The third-order valence-corrected chi connectivity index (χ3v) is 4.89. The molecule has 1 aliphatic rings. The van der Waals surface area contributed by atoms with Crippen molar-refractivity contribution in [2.75, 3.05) is 45.2 Å². The molecule has 0 bridgehead atoms. The Bertz CT molecular complexity index is 835. The van der Waals surface area contributed by atoms with Crippen molar-refractivity contribution in [3.8, 4) is 0 Å². The smallest absolute Gasteiger partial charge is 0.339 e. The molecule has 0 aliphatic carbocycles. The molecule has 1 fully saturated rings. The van der Waals surface area contributed by atoms with Gasteiger partial charge >= 0.3 is 12.0 Å². The molecular formula is C21H24FN3O3. The molecule has 1 aliphatic heterocycles. The number of amides is 2. The molecule has 1 saturated heterocycles. The fourth-order valence-electron chi connectivity index (χ4n) is 3.23. The van der Waals surface area contributed by atoms with Crippen LogP contribution < -0.4 is 5.32 Å². The van der Waals surface area contributed by atoms with Crippen molar-refractivity contribution in [1.82, 2.24) is 9.80 Å². The first-order chi connectivity index (χ1) is 13.6. The summed E-state index contributed by atoms with van der Waals surface area (Å²) in [6.45, 7) is 3.34. The van der Waals surface area contributed by atoms with Gasteiger partial charge in [-0.1, -0.05) is 30.3 Å². The van der Waals surface area contributed by atoms with E-state index in [0.29, 0.717) is 36.3 Å². The standard InChI is InChI=1S/C21H24FN3O3/c1-28-20(26)17-7-3-5-9-19(17)23-21(27)25-14-12-24(13-15-25)11-10-16-6-2-4-8-18(16)22/h2-9H,10-15H2,1H3,(H,23,27). The van der Waals surface area contributed by atoms with Crippen LogP contribution in [-0.2, 0) is 11.2 Å². The number of methoxy groups -OCH3 is 1. The normalized spacial score (nSPS) is 14.6. The van der Waals surface area contributed by atoms with Gasteiger partial charge in [0.25, 0.3) is 0 Å². The summed E-state index contributed by atoms with van der Waals surface area (Å²) in [6, 6.07) is 13.3. The molecule has 2 amide bonds. The van der Waals surface area contributed by atoms with Crippen molar-refractivity contribution in [3.05, 3.63) is 65.5 Å². The van der Waals surface area contributed by atoms with Gasteiger partial charge in [-0.25, -0.2) is 14.0 Å². The van der Waals surface area contributed by atoms with E-state index in [1.54, 1.807) is 41.3 Å². The van der Waals surface area contributed by atoms with E-state index in [1.807, 2.05) is 6.07 Å². The van der Waals surface area contributed by atoms with Crippen LogP contribution in [0.15, 0.2) is 48.5 Å². The number of carbonyl (C=O) groups is 2. The molecule has 0 atom stereocenters. The number of ether oxygens (including phenoxy) is 1. The fraction of sp³-hybridized carbons (Fsp3) is 0.333. The largest absolute Gasteiger partial charge is 0.465 e. The van der Waals surface area contributed by atoms with Crippen molar-refractivity contribution in [2.45, 2.75) is 6.42 Å². The average Bonchev–Trinajstić information content (AvgIpc) is 2.73. The van der Waals surface area contributed by atoms with Gasteiger partial charge in [0.1, 0.15) is 5.82 Å². The molecule has 0 radical (unpaired) electrons. The summed E-state index contributed by atoms with van der Waals surface area (Å²) in [5.41, 5.74) is 1.46. The molecule has 0 unspecified atom stereocenters. The summed E-state index contributed by atoms with van der Waals surface area (Å²) >= 11 is 0. The maximum atomic E-state index is 13.7. The highest BCUT2D eigenvalue weighted by Gasteiger charge is 2.22. The molecule has 28 heavy (non-hydrogen) atoms. The number of esters is 1. The Balaban J connectivity index is 1.50. The summed E-state index contributed by atoms with van der Waals surface area (Å²) in [5.74, 6) is -0.668. The van der Waals surface area contributed by atoms with E-state index < -0.39 is 5.97 Å². The van der Waals surface area contributed by atoms with Crippen LogP contribution in [0, 0.1) is 5.82 Å². The van der Waals surface area contributed by atoms with Gasteiger partial charge in [0.05, 0.1) is 18.4 Å². The zero-order valence-electron chi connectivity index (χ0n) is 15.9. The predicted octanol–water partition coefficient (Wildman–Crippen LogP) is 3.00. The van der Waals surface area contributed by atoms with Crippen LogP contribution in [0.3, 0.4) is 0 Å². The monoisotopic (exact) mass is 385 g/mol. The number of carbonyl (C=O) groups excluding carboxylic acids is 2.